The van der Waals surface area contributed by atoms with Crippen LogP contribution in [0.5, 0.6) is 5.75 Å². The van der Waals surface area contributed by atoms with Crippen molar-refractivity contribution in [2.24, 2.45) is 11.7 Å². The lowest BCUT2D eigenvalue weighted by Gasteiger charge is -2.40. The van der Waals surface area contributed by atoms with Crippen molar-refractivity contribution in [2.75, 3.05) is 56.5 Å². The number of hydrogen-bond acceptors (Lipinski definition) is 7. The van der Waals surface area contributed by atoms with Crippen LogP contribution in [0, 0.1) is 11.7 Å². The normalized spacial score (nSPS) is 17.5. The van der Waals surface area contributed by atoms with Crippen LogP contribution >= 0.6 is 11.6 Å². The number of pyridine rings is 1. The lowest BCUT2D eigenvalue weighted by atomic mass is 9.88. The molecule has 0 radical (unpaired) electrons. The highest BCUT2D eigenvalue weighted by Crippen LogP contribution is 2.38. The minimum absolute atomic E-state index is 0.00410. The van der Waals surface area contributed by atoms with Gasteiger partial charge in [0, 0.05) is 91.3 Å². The molecule has 0 unspecified atom stereocenters. The average Bonchev–Trinajstić information content (AvgIpc) is 2.99. The highest BCUT2D eigenvalue weighted by atomic mass is 35.5. The van der Waals surface area contributed by atoms with E-state index in [4.69, 9.17) is 27.8 Å². The number of carbonyl (C=O) groups excluding carboxylic acids is 1. The first-order valence-corrected chi connectivity index (χ1v) is 14.6. The van der Waals surface area contributed by atoms with Gasteiger partial charge in [-0.25, -0.2) is 4.39 Å². The van der Waals surface area contributed by atoms with Crippen molar-refractivity contribution < 1.29 is 13.9 Å². The van der Waals surface area contributed by atoms with Crippen LogP contribution in [0.1, 0.15) is 25.3 Å². The number of nitrogens with zero attached hydrogens (tertiary/aromatic N) is 4. The standard InChI is InChI=1S/C31H38ClFN6O2/c1-2-41-29-5-3-4-26(33)25(29)20-37-14-16-39(17-15-37)31(40)30(35)21-9-12-38(13-10-21)28-18-22(32)6-7-23(28)24-19-36-11-8-27(24)34/h3-8,11,18-19,21,30H,2,9-10,12-17,20,35H2,1H3,(H2,34,36)/t30-/m1/s1. The molecule has 2 aliphatic heterocycles. The molecule has 3 aromatic rings. The van der Waals surface area contributed by atoms with Crippen LogP contribution in [-0.2, 0) is 11.3 Å². The molecule has 2 aromatic carbocycles. The van der Waals surface area contributed by atoms with Crippen LogP contribution in [-0.4, -0.2) is 72.6 Å². The molecule has 0 bridgehead atoms. The second-order valence-electron chi connectivity index (χ2n) is 10.7. The van der Waals surface area contributed by atoms with Gasteiger partial charge in [0.25, 0.3) is 0 Å². The number of halogens is 2. The topological polar surface area (TPSA) is 101 Å². The van der Waals surface area contributed by atoms with Crippen LogP contribution in [0.25, 0.3) is 11.1 Å². The van der Waals surface area contributed by atoms with Crippen LogP contribution in [0.15, 0.2) is 54.9 Å². The number of nitrogen functional groups attached to an aromatic ring is 1. The number of aromatic nitrogens is 1. The number of nitrogens with two attached hydrogens (primary N) is 2. The summed E-state index contributed by atoms with van der Waals surface area (Å²) in [5, 5.41) is 0.656. The molecule has 2 fully saturated rings. The van der Waals surface area contributed by atoms with Gasteiger partial charge in [-0.1, -0.05) is 23.7 Å². The van der Waals surface area contributed by atoms with Gasteiger partial charge in [-0.05, 0) is 56.0 Å². The number of rotatable bonds is 8. The van der Waals surface area contributed by atoms with Crippen molar-refractivity contribution in [3.63, 3.8) is 0 Å². The van der Waals surface area contributed by atoms with Gasteiger partial charge in [0.2, 0.25) is 5.91 Å². The number of piperidine rings is 1. The highest BCUT2D eigenvalue weighted by Gasteiger charge is 2.33. The molecule has 1 amide bonds. The van der Waals surface area contributed by atoms with E-state index < -0.39 is 6.04 Å². The number of hydrogen-bond donors (Lipinski definition) is 2. The summed E-state index contributed by atoms with van der Waals surface area (Å²) >= 11 is 6.38. The Bertz CT molecular complexity index is 1360. The second kappa shape index (κ2) is 13.1. The maximum Gasteiger partial charge on any atom is 0.239 e. The van der Waals surface area contributed by atoms with Gasteiger partial charge in [0.05, 0.1) is 12.6 Å². The maximum atomic E-state index is 14.5. The van der Waals surface area contributed by atoms with E-state index in [-0.39, 0.29) is 17.6 Å². The molecule has 5 rings (SSSR count). The Kier molecular flexibility index (Phi) is 9.27. The fraction of sp³-hybridized carbons (Fsp3) is 0.419. The van der Waals surface area contributed by atoms with Gasteiger partial charge in [0.1, 0.15) is 11.6 Å². The number of anilines is 2. The van der Waals surface area contributed by atoms with Crippen molar-refractivity contribution in [1.82, 2.24) is 14.8 Å². The molecule has 3 heterocycles. The highest BCUT2D eigenvalue weighted by molar-refractivity contribution is 6.31. The monoisotopic (exact) mass is 580 g/mol. The first-order valence-electron chi connectivity index (χ1n) is 14.3. The van der Waals surface area contributed by atoms with Gasteiger partial charge >= 0.3 is 0 Å². The zero-order valence-corrected chi connectivity index (χ0v) is 24.2. The Balaban J connectivity index is 1.17. The zero-order valence-electron chi connectivity index (χ0n) is 23.4. The maximum absolute atomic E-state index is 14.5. The average molecular weight is 581 g/mol. The number of piperazine rings is 1. The molecule has 1 atom stereocenters. The Hall–Kier alpha value is -3.40. The molecule has 1 aromatic heterocycles. The summed E-state index contributed by atoms with van der Waals surface area (Å²) in [4.78, 5) is 23.9. The minimum atomic E-state index is -0.548. The summed E-state index contributed by atoms with van der Waals surface area (Å²) in [7, 11) is 0. The smallest absolute Gasteiger partial charge is 0.239 e. The first kappa shape index (κ1) is 29.1. The van der Waals surface area contributed by atoms with E-state index in [1.165, 1.54) is 6.07 Å². The molecule has 2 aliphatic rings. The van der Waals surface area contributed by atoms with Crippen molar-refractivity contribution in [2.45, 2.75) is 32.4 Å². The third-order valence-corrected chi connectivity index (χ3v) is 8.45. The lowest BCUT2D eigenvalue weighted by Crippen LogP contribution is -2.55. The SMILES string of the molecule is CCOc1cccc(F)c1CN1CCN(C(=O)[C@H](N)C2CCN(c3cc(Cl)ccc3-c3cnccc3N)CC2)CC1. The molecule has 2 saturated heterocycles. The minimum Gasteiger partial charge on any atom is -0.493 e. The Morgan fingerprint density at radius 3 is 2.56 bits per heavy atom. The van der Waals surface area contributed by atoms with Crippen LogP contribution in [0.2, 0.25) is 5.02 Å². The number of carbonyl (C=O) groups is 1. The summed E-state index contributed by atoms with van der Waals surface area (Å²) in [6, 6.07) is 12.0. The number of amides is 1. The van der Waals surface area contributed by atoms with Gasteiger partial charge in [-0.3, -0.25) is 14.7 Å². The summed E-state index contributed by atoms with van der Waals surface area (Å²) < 4.78 is 20.1. The van der Waals surface area contributed by atoms with Gasteiger partial charge in [0.15, 0.2) is 0 Å². The zero-order chi connectivity index (χ0) is 28.9. The van der Waals surface area contributed by atoms with Crippen molar-refractivity contribution in [3.05, 3.63) is 71.3 Å². The van der Waals surface area contributed by atoms with Gasteiger partial charge < -0.3 is 26.0 Å². The van der Waals surface area contributed by atoms with Crippen molar-refractivity contribution >= 4 is 28.9 Å². The molecule has 0 spiro atoms. The van der Waals surface area contributed by atoms with Gasteiger partial charge in [-0.2, -0.15) is 0 Å². The molecular formula is C31H38ClFN6O2. The van der Waals surface area contributed by atoms with E-state index in [9.17, 15) is 9.18 Å². The Morgan fingerprint density at radius 2 is 1.85 bits per heavy atom. The van der Waals surface area contributed by atoms with Crippen molar-refractivity contribution in [1.29, 1.82) is 0 Å². The van der Waals surface area contributed by atoms with Crippen molar-refractivity contribution in [3.8, 4) is 16.9 Å². The van der Waals surface area contributed by atoms with E-state index in [0.717, 1.165) is 42.7 Å². The molecule has 218 valence electrons. The lowest BCUT2D eigenvalue weighted by molar-refractivity contribution is -0.135. The quantitative estimate of drug-likeness (QED) is 0.407. The largest absolute Gasteiger partial charge is 0.493 e. The van der Waals surface area contributed by atoms with Crippen LogP contribution in [0.4, 0.5) is 15.8 Å². The predicted octanol–water partition coefficient (Wildman–Crippen LogP) is 4.41. The molecule has 10 heteroatoms. The van der Waals surface area contributed by atoms with Crippen LogP contribution < -0.4 is 21.1 Å². The van der Waals surface area contributed by atoms with Crippen LogP contribution in [0.3, 0.4) is 0 Å². The van der Waals surface area contributed by atoms with E-state index >= 15 is 0 Å². The second-order valence-corrected chi connectivity index (χ2v) is 11.2. The van der Waals surface area contributed by atoms with E-state index in [1.54, 1.807) is 30.6 Å². The van der Waals surface area contributed by atoms with E-state index in [2.05, 4.69) is 14.8 Å². The summed E-state index contributed by atoms with van der Waals surface area (Å²) in [6.07, 6.45) is 5.06. The van der Waals surface area contributed by atoms with Gasteiger partial charge in [-0.15, -0.1) is 0 Å². The third-order valence-electron chi connectivity index (χ3n) is 8.22. The predicted molar refractivity (Wildman–Crippen MR) is 161 cm³/mol. The number of benzene rings is 2. The first-order chi connectivity index (χ1) is 19.9. The fourth-order valence-electron chi connectivity index (χ4n) is 5.87. The van der Waals surface area contributed by atoms with E-state index in [1.807, 2.05) is 30.0 Å². The Morgan fingerprint density at radius 1 is 1.10 bits per heavy atom. The molecular weight excluding hydrogens is 543 g/mol. The summed E-state index contributed by atoms with van der Waals surface area (Å²) in [5.41, 5.74) is 16.9. The third kappa shape index (κ3) is 6.58. The molecule has 0 saturated carbocycles. The molecule has 8 nitrogen and oxygen atoms in total. The summed E-state index contributed by atoms with van der Waals surface area (Å²) in [5.74, 6) is 0.399. The number of ether oxygens (including phenoxy) is 1. The molecule has 41 heavy (non-hydrogen) atoms. The fourth-order valence-corrected chi connectivity index (χ4v) is 6.04. The molecule has 0 aliphatic carbocycles. The summed E-state index contributed by atoms with van der Waals surface area (Å²) in [6.45, 7) is 6.80. The van der Waals surface area contributed by atoms with E-state index in [0.29, 0.717) is 61.4 Å². The Labute approximate surface area is 246 Å². The molecule has 4 N–H and O–H groups in total.